The Bertz CT molecular complexity index is 541. The molecule has 0 aliphatic heterocycles. The Hall–Kier alpha value is -1.04. The zero-order chi connectivity index (χ0) is 12.4. The molecule has 0 bridgehead atoms. The van der Waals surface area contributed by atoms with Crippen molar-refractivity contribution in [3.8, 4) is 0 Å². The molecule has 0 atom stereocenters. The highest BCUT2D eigenvalue weighted by Gasteiger charge is 2.07. The predicted octanol–water partition coefficient (Wildman–Crippen LogP) is 3.35. The Morgan fingerprint density at radius 2 is 2.12 bits per heavy atom. The lowest BCUT2D eigenvalue weighted by Gasteiger charge is -2.07. The molecule has 0 saturated heterocycles. The van der Waals surface area contributed by atoms with Gasteiger partial charge in [-0.1, -0.05) is 23.2 Å². The third-order valence-corrected chi connectivity index (χ3v) is 3.47. The SMILES string of the molecule is Cc1nc(CNc2nc(N)c(Cl)cc2Cl)cs1. The molecule has 0 aromatic carbocycles. The van der Waals surface area contributed by atoms with Crippen LogP contribution in [0.15, 0.2) is 11.4 Å². The van der Waals surface area contributed by atoms with E-state index in [1.165, 1.54) is 0 Å². The van der Waals surface area contributed by atoms with Crippen LogP contribution >= 0.6 is 34.5 Å². The summed E-state index contributed by atoms with van der Waals surface area (Å²) in [5, 5.41) is 6.87. The second-order valence-corrected chi connectivity index (χ2v) is 5.27. The highest BCUT2D eigenvalue weighted by molar-refractivity contribution is 7.09. The molecule has 4 nitrogen and oxygen atoms in total. The van der Waals surface area contributed by atoms with Gasteiger partial charge in [0.15, 0.2) is 0 Å². The van der Waals surface area contributed by atoms with Crippen molar-refractivity contribution in [3.63, 3.8) is 0 Å². The van der Waals surface area contributed by atoms with Crippen LogP contribution in [0.2, 0.25) is 10.0 Å². The number of aromatic nitrogens is 2. The lowest BCUT2D eigenvalue weighted by atomic mass is 10.4. The van der Waals surface area contributed by atoms with Crippen molar-refractivity contribution in [3.05, 3.63) is 32.2 Å². The molecule has 0 amide bonds. The maximum Gasteiger partial charge on any atom is 0.147 e. The van der Waals surface area contributed by atoms with Crippen molar-refractivity contribution < 1.29 is 0 Å². The largest absolute Gasteiger partial charge is 0.382 e. The van der Waals surface area contributed by atoms with Gasteiger partial charge in [-0.3, -0.25) is 0 Å². The minimum atomic E-state index is 0.257. The number of thiazole rings is 1. The molecule has 17 heavy (non-hydrogen) atoms. The van der Waals surface area contributed by atoms with Crippen LogP contribution in [0.4, 0.5) is 11.6 Å². The summed E-state index contributed by atoms with van der Waals surface area (Å²) in [7, 11) is 0. The van der Waals surface area contributed by atoms with Crippen LogP contribution in [0.5, 0.6) is 0 Å². The Morgan fingerprint density at radius 3 is 2.76 bits per heavy atom. The van der Waals surface area contributed by atoms with Gasteiger partial charge >= 0.3 is 0 Å². The molecule has 2 heterocycles. The van der Waals surface area contributed by atoms with Gasteiger partial charge in [0, 0.05) is 5.38 Å². The Balaban J connectivity index is 2.11. The molecule has 7 heteroatoms. The number of nitrogens with one attached hydrogen (secondary N) is 1. The van der Waals surface area contributed by atoms with Gasteiger partial charge in [-0.2, -0.15) is 0 Å². The first-order valence-electron chi connectivity index (χ1n) is 4.82. The lowest BCUT2D eigenvalue weighted by Crippen LogP contribution is -2.04. The topological polar surface area (TPSA) is 63.8 Å². The average Bonchev–Trinajstić information content (AvgIpc) is 2.68. The predicted molar refractivity (Wildman–Crippen MR) is 72.8 cm³/mol. The summed E-state index contributed by atoms with van der Waals surface area (Å²) in [6.45, 7) is 2.51. The third-order valence-electron chi connectivity index (χ3n) is 2.06. The molecule has 0 saturated carbocycles. The van der Waals surface area contributed by atoms with E-state index in [0.29, 0.717) is 22.4 Å². The number of hydrogen-bond donors (Lipinski definition) is 2. The molecule has 0 aliphatic rings. The number of hydrogen-bond acceptors (Lipinski definition) is 5. The number of nitrogens with two attached hydrogens (primary N) is 1. The number of pyridine rings is 1. The summed E-state index contributed by atoms with van der Waals surface area (Å²) in [5.41, 5.74) is 6.55. The summed E-state index contributed by atoms with van der Waals surface area (Å²) >= 11 is 13.4. The quantitative estimate of drug-likeness (QED) is 0.909. The molecule has 0 spiro atoms. The standard InChI is InChI=1S/C10H10Cl2N4S/c1-5-15-6(4-17-5)3-14-10-8(12)2-7(11)9(13)16-10/h2,4H,3H2,1H3,(H3,13,14,16). The summed E-state index contributed by atoms with van der Waals surface area (Å²) in [4.78, 5) is 8.40. The fourth-order valence-corrected chi connectivity index (χ4v) is 2.31. The monoisotopic (exact) mass is 288 g/mol. The van der Waals surface area contributed by atoms with E-state index in [9.17, 15) is 0 Å². The third kappa shape index (κ3) is 3.00. The van der Waals surface area contributed by atoms with E-state index >= 15 is 0 Å². The van der Waals surface area contributed by atoms with Crippen molar-refractivity contribution in [1.82, 2.24) is 9.97 Å². The van der Waals surface area contributed by atoms with Gasteiger partial charge < -0.3 is 11.1 Å². The van der Waals surface area contributed by atoms with Crippen LogP contribution in [0.1, 0.15) is 10.7 Å². The van der Waals surface area contributed by atoms with E-state index in [0.717, 1.165) is 10.7 Å². The van der Waals surface area contributed by atoms with Crippen molar-refractivity contribution >= 4 is 46.2 Å². The highest BCUT2D eigenvalue weighted by Crippen LogP contribution is 2.27. The van der Waals surface area contributed by atoms with E-state index in [1.807, 2.05) is 12.3 Å². The number of rotatable bonds is 3. The molecule has 0 radical (unpaired) electrons. The first kappa shape index (κ1) is 12.4. The first-order chi connectivity index (χ1) is 8.06. The van der Waals surface area contributed by atoms with Crippen LogP contribution in [0.25, 0.3) is 0 Å². The fraction of sp³-hybridized carbons (Fsp3) is 0.200. The minimum absolute atomic E-state index is 0.257. The van der Waals surface area contributed by atoms with Crippen LogP contribution in [0, 0.1) is 6.92 Å². The molecular formula is C10H10Cl2N4S. The zero-order valence-electron chi connectivity index (χ0n) is 9.00. The molecule has 90 valence electrons. The van der Waals surface area contributed by atoms with E-state index in [-0.39, 0.29) is 5.82 Å². The summed E-state index contributed by atoms with van der Waals surface area (Å²) in [5.74, 6) is 0.771. The van der Waals surface area contributed by atoms with Crippen molar-refractivity contribution in [1.29, 1.82) is 0 Å². The summed E-state index contributed by atoms with van der Waals surface area (Å²) in [6.07, 6.45) is 0. The van der Waals surface area contributed by atoms with Gasteiger partial charge in [0.05, 0.1) is 27.3 Å². The van der Waals surface area contributed by atoms with Gasteiger partial charge in [-0.05, 0) is 13.0 Å². The van der Waals surface area contributed by atoms with Gasteiger partial charge in [0.25, 0.3) is 0 Å². The van der Waals surface area contributed by atoms with Crippen LogP contribution < -0.4 is 11.1 Å². The smallest absolute Gasteiger partial charge is 0.147 e. The van der Waals surface area contributed by atoms with Crippen molar-refractivity contribution in [2.45, 2.75) is 13.5 Å². The van der Waals surface area contributed by atoms with Crippen LogP contribution in [-0.2, 0) is 6.54 Å². The molecule has 0 fully saturated rings. The van der Waals surface area contributed by atoms with Gasteiger partial charge in [0.1, 0.15) is 11.6 Å². The Labute approximate surface area is 113 Å². The molecular weight excluding hydrogens is 279 g/mol. The van der Waals surface area contributed by atoms with Gasteiger partial charge in [0.2, 0.25) is 0 Å². The molecule has 3 N–H and O–H groups in total. The van der Waals surface area contributed by atoms with Gasteiger partial charge in [-0.15, -0.1) is 11.3 Å². The highest BCUT2D eigenvalue weighted by atomic mass is 35.5. The molecule has 0 unspecified atom stereocenters. The zero-order valence-corrected chi connectivity index (χ0v) is 11.3. The molecule has 2 aromatic rings. The molecule has 2 aromatic heterocycles. The number of halogens is 2. The molecule has 0 aliphatic carbocycles. The second-order valence-electron chi connectivity index (χ2n) is 3.40. The van der Waals surface area contributed by atoms with Crippen molar-refractivity contribution in [2.24, 2.45) is 0 Å². The van der Waals surface area contributed by atoms with Crippen LogP contribution in [-0.4, -0.2) is 9.97 Å². The first-order valence-corrected chi connectivity index (χ1v) is 6.46. The maximum absolute atomic E-state index is 5.99. The van der Waals surface area contributed by atoms with Crippen LogP contribution in [0.3, 0.4) is 0 Å². The average molecular weight is 289 g/mol. The van der Waals surface area contributed by atoms with E-state index in [1.54, 1.807) is 17.4 Å². The Kier molecular flexibility index (Phi) is 3.71. The number of anilines is 2. The summed E-state index contributed by atoms with van der Waals surface area (Å²) < 4.78 is 0. The minimum Gasteiger partial charge on any atom is -0.382 e. The molecule has 2 rings (SSSR count). The number of nitrogen functional groups attached to an aromatic ring is 1. The fourth-order valence-electron chi connectivity index (χ4n) is 1.27. The van der Waals surface area contributed by atoms with E-state index in [4.69, 9.17) is 28.9 Å². The number of nitrogens with zero attached hydrogens (tertiary/aromatic N) is 2. The normalized spacial score (nSPS) is 10.5. The summed E-state index contributed by atoms with van der Waals surface area (Å²) in [6, 6.07) is 1.57. The lowest BCUT2D eigenvalue weighted by molar-refractivity contribution is 1.04. The maximum atomic E-state index is 5.99. The Morgan fingerprint density at radius 1 is 1.35 bits per heavy atom. The van der Waals surface area contributed by atoms with Crippen molar-refractivity contribution in [2.75, 3.05) is 11.1 Å². The van der Waals surface area contributed by atoms with Gasteiger partial charge in [-0.25, -0.2) is 9.97 Å². The second kappa shape index (κ2) is 5.08. The van der Waals surface area contributed by atoms with E-state index in [2.05, 4.69) is 15.3 Å². The number of aryl methyl sites for hydroxylation is 1. The van der Waals surface area contributed by atoms with E-state index < -0.39 is 0 Å².